The standard InChI is InChI=1S/C16H16N4O/c1-11-4-9-15-17-12(2)16(20(15)10-11)19-18-13-5-7-14(21-3)8-6-13/h4-10H,1-3H3. The Morgan fingerprint density at radius 3 is 2.48 bits per heavy atom. The second-order valence-electron chi connectivity index (χ2n) is 4.85. The topological polar surface area (TPSA) is 51.2 Å². The summed E-state index contributed by atoms with van der Waals surface area (Å²) in [4.78, 5) is 4.48. The van der Waals surface area contributed by atoms with E-state index in [1.807, 2.05) is 60.8 Å². The normalized spacial score (nSPS) is 11.4. The molecule has 3 aromatic rings. The molecule has 0 saturated heterocycles. The number of hydrogen-bond donors (Lipinski definition) is 0. The van der Waals surface area contributed by atoms with E-state index in [2.05, 4.69) is 15.2 Å². The minimum atomic E-state index is 0.754. The summed E-state index contributed by atoms with van der Waals surface area (Å²) in [5.41, 5.74) is 3.67. The molecule has 5 heteroatoms. The van der Waals surface area contributed by atoms with Crippen LogP contribution in [0.1, 0.15) is 11.3 Å². The molecule has 0 bridgehead atoms. The van der Waals surface area contributed by atoms with Crippen molar-refractivity contribution in [3.8, 4) is 5.75 Å². The highest BCUT2D eigenvalue weighted by molar-refractivity contribution is 5.52. The molecule has 0 aliphatic heterocycles. The predicted octanol–water partition coefficient (Wildman–Crippen LogP) is 4.38. The van der Waals surface area contributed by atoms with Crippen LogP contribution in [0.15, 0.2) is 52.8 Å². The van der Waals surface area contributed by atoms with Crippen LogP contribution in [0.25, 0.3) is 5.65 Å². The number of nitrogens with zero attached hydrogens (tertiary/aromatic N) is 4. The number of methoxy groups -OCH3 is 1. The van der Waals surface area contributed by atoms with Crippen molar-refractivity contribution in [1.82, 2.24) is 9.38 Å². The molecule has 0 aliphatic rings. The van der Waals surface area contributed by atoms with Crippen molar-refractivity contribution in [1.29, 1.82) is 0 Å². The maximum Gasteiger partial charge on any atom is 0.182 e. The van der Waals surface area contributed by atoms with Crippen molar-refractivity contribution in [2.45, 2.75) is 13.8 Å². The Morgan fingerprint density at radius 1 is 1.00 bits per heavy atom. The predicted molar refractivity (Wildman–Crippen MR) is 81.8 cm³/mol. The van der Waals surface area contributed by atoms with E-state index in [0.29, 0.717) is 0 Å². The van der Waals surface area contributed by atoms with Gasteiger partial charge in [-0.2, -0.15) is 0 Å². The van der Waals surface area contributed by atoms with Crippen LogP contribution in [-0.4, -0.2) is 16.5 Å². The number of rotatable bonds is 3. The second-order valence-corrected chi connectivity index (χ2v) is 4.85. The van der Waals surface area contributed by atoms with Gasteiger partial charge in [0.2, 0.25) is 0 Å². The van der Waals surface area contributed by atoms with Gasteiger partial charge in [0.15, 0.2) is 5.82 Å². The molecular weight excluding hydrogens is 264 g/mol. The van der Waals surface area contributed by atoms with Gasteiger partial charge in [0, 0.05) is 6.20 Å². The average molecular weight is 280 g/mol. The Morgan fingerprint density at radius 2 is 1.76 bits per heavy atom. The first-order valence-corrected chi connectivity index (χ1v) is 6.68. The molecule has 0 atom stereocenters. The molecule has 2 aromatic heterocycles. The molecule has 0 fully saturated rings. The first-order valence-electron chi connectivity index (χ1n) is 6.68. The van der Waals surface area contributed by atoms with Gasteiger partial charge < -0.3 is 4.74 Å². The molecule has 0 spiro atoms. The van der Waals surface area contributed by atoms with Gasteiger partial charge in [-0.25, -0.2) is 4.98 Å². The second kappa shape index (κ2) is 5.36. The summed E-state index contributed by atoms with van der Waals surface area (Å²) in [7, 11) is 1.64. The van der Waals surface area contributed by atoms with E-state index in [9.17, 15) is 0 Å². The van der Waals surface area contributed by atoms with Crippen LogP contribution in [0.2, 0.25) is 0 Å². The van der Waals surface area contributed by atoms with Gasteiger partial charge in [-0.05, 0) is 49.7 Å². The Kier molecular flexibility index (Phi) is 3.39. The number of aromatic nitrogens is 2. The van der Waals surface area contributed by atoms with E-state index in [1.165, 1.54) is 0 Å². The Labute approximate surface area is 122 Å². The highest BCUT2D eigenvalue weighted by Crippen LogP contribution is 2.25. The first-order chi connectivity index (χ1) is 10.2. The average Bonchev–Trinajstić information content (AvgIpc) is 2.80. The SMILES string of the molecule is COc1ccc(N=Nc2c(C)nc3ccc(C)cn23)cc1. The Hall–Kier alpha value is -2.69. The summed E-state index contributed by atoms with van der Waals surface area (Å²) in [6.07, 6.45) is 2.01. The van der Waals surface area contributed by atoms with Crippen LogP contribution in [0.3, 0.4) is 0 Å². The van der Waals surface area contributed by atoms with Gasteiger partial charge in [0.05, 0.1) is 18.5 Å². The maximum atomic E-state index is 5.12. The van der Waals surface area contributed by atoms with Crippen molar-refractivity contribution < 1.29 is 4.74 Å². The maximum absolute atomic E-state index is 5.12. The van der Waals surface area contributed by atoms with E-state index in [1.54, 1.807) is 7.11 Å². The van der Waals surface area contributed by atoms with E-state index in [4.69, 9.17) is 4.74 Å². The fourth-order valence-corrected chi connectivity index (χ4v) is 2.13. The number of ether oxygens (including phenoxy) is 1. The van der Waals surface area contributed by atoms with Crippen molar-refractivity contribution in [2.75, 3.05) is 7.11 Å². The number of imidazole rings is 1. The molecule has 0 radical (unpaired) electrons. The lowest BCUT2D eigenvalue weighted by atomic mass is 10.3. The molecule has 0 amide bonds. The minimum Gasteiger partial charge on any atom is -0.497 e. The fraction of sp³-hybridized carbons (Fsp3) is 0.188. The molecule has 106 valence electrons. The molecular formula is C16H16N4O. The van der Waals surface area contributed by atoms with Gasteiger partial charge in [0.25, 0.3) is 0 Å². The van der Waals surface area contributed by atoms with Crippen molar-refractivity contribution in [3.05, 3.63) is 53.9 Å². The molecule has 0 N–H and O–H groups in total. The van der Waals surface area contributed by atoms with Crippen molar-refractivity contribution in [2.24, 2.45) is 10.2 Å². The zero-order chi connectivity index (χ0) is 14.8. The van der Waals surface area contributed by atoms with E-state index >= 15 is 0 Å². The summed E-state index contributed by atoms with van der Waals surface area (Å²) < 4.78 is 7.08. The third-order valence-corrected chi connectivity index (χ3v) is 3.24. The van der Waals surface area contributed by atoms with Gasteiger partial charge >= 0.3 is 0 Å². The van der Waals surface area contributed by atoms with Gasteiger partial charge in [-0.3, -0.25) is 4.40 Å². The third-order valence-electron chi connectivity index (χ3n) is 3.24. The largest absolute Gasteiger partial charge is 0.497 e. The molecule has 2 heterocycles. The number of benzene rings is 1. The summed E-state index contributed by atoms with van der Waals surface area (Å²) in [6.45, 7) is 3.98. The zero-order valence-electron chi connectivity index (χ0n) is 12.2. The number of azo groups is 1. The molecule has 21 heavy (non-hydrogen) atoms. The molecule has 5 nitrogen and oxygen atoms in total. The van der Waals surface area contributed by atoms with Crippen LogP contribution >= 0.6 is 0 Å². The van der Waals surface area contributed by atoms with Gasteiger partial charge in [-0.1, -0.05) is 6.07 Å². The molecule has 3 rings (SSSR count). The van der Waals surface area contributed by atoms with Gasteiger partial charge in [0.1, 0.15) is 11.4 Å². The third kappa shape index (κ3) is 2.63. The quantitative estimate of drug-likeness (QED) is 0.669. The van der Waals surface area contributed by atoms with Crippen LogP contribution in [0, 0.1) is 13.8 Å². The lowest BCUT2D eigenvalue weighted by Crippen LogP contribution is -1.84. The first kappa shape index (κ1) is 13.3. The van der Waals surface area contributed by atoms with Crippen LogP contribution in [0.4, 0.5) is 11.5 Å². The van der Waals surface area contributed by atoms with Crippen molar-refractivity contribution in [3.63, 3.8) is 0 Å². The molecule has 0 saturated carbocycles. The Balaban J connectivity index is 1.98. The molecule has 0 unspecified atom stereocenters. The van der Waals surface area contributed by atoms with Crippen LogP contribution in [-0.2, 0) is 0 Å². The Bertz CT molecular complexity index is 803. The van der Waals surface area contributed by atoms with Crippen LogP contribution in [0.5, 0.6) is 5.75 Å². The molecule has 0 aliphatic carbocycles. The summed E-state index contributed by atoms with van der Waals surface area (Å²) in [5, 5.41) is 8.62. The van der Waals surface area contributed by atoms with Crippen molar-refractivity contribution >= 4 is 17.2 Å². The summed E-state index contributed by atoms with van der Waals surface area (Å²) in [5.74, 6) is 1.56. The molecule has 1 aromatic carbocycles. The van der Waals surface area contributed by atoms with E-state index in [-0.39, 0.29) is 0 Å². The summed E-state index contributed by atoms with van der Waals surface area (Å²) in [6, 6.07) is 11.5. The lowest BCUT2D eigenvalue weighted by molar-refractivity contribution is 0.415. The minimum absolute atomic E-state index is 0.754. The highest BCUT2D eigenvalue weighted by Gasteiger charge is 2.07. The van der Waals surface area contributed by atoms with E-state index in [0.717, 1.165) is 34.2 Å². The number of aryl methyl sites for hydroxylation is 2. The number of pyridine rings is 1. The lowest BCUT2D eigenvalue weighted by Gasteiger charge is -1.99. The van der Waals surface area contributed by atoms with E-state index < -0.39 is 0 Å². The number of fused-ring (bicyclic) bond motifs is 1. The smallest absolute Gasteiger partial charge is 0.182 e. The number of hydrogen-bond acceptors (Lipinski definition) is 4. The zero-order valence-corrected chi connectivity index (χ0v) is 12.2. The fourth-order valence-electron chi connectivity index (χ4n) is 2.13. The summed E-state index contributed by atoms with van der Waals surface area (Å²) >= 11 is 0. The monoisotopic (exact) mass is 280 g/mol. The van der Waals surface area contributed by atoms with Gasteiger partial charge in [-0.15, -0.1) is 10.2 Å². The highest BCUT2D eigenvalue weighted by atomic mass is 16.5. The van der Waals surface area contributed by atoms with Crippen LogP contribution < -0.4 is 4.74 Å².